The van der Waals surface area contributed by atoms with Gasteiger partial charge in [0.1, 0.15) is 0 Å². The van der Waals surface area contributed by atoms with Gasteiger partial charge in [0.15, 0.2) is 0 Å². The molecule has 0 bridgehead atoms. The average Bonchev–Trinajstić information content (AvgIpc) is 1.96. The second-order valence-electron chi connectivity index (χ2n) is 5.16. The van der Waals surface area contributed by atoms with Crippen molar-refractivity contribution in [2.45, 2.75) is 32.7 Å². The third-order valence-electron chi connectivity index (χ3n) is 2.76. The Morgan fingerprint density at radius 2 is 1.94 bits per heavy atom. The van der Waals surface area contributed by atoms with Crippen LogP contribution in [0.25, 0.3) is 0 Å². The molecule has 0 spiro atoms. The van der Waals surface area contributed by atoms with Crippen molar-refractivity contribution in [3.8, 4) is 0 Å². The van der Waals surface area contributed by atoms with Crippen molar-refractivity contribution in [2.24, 2.45) is 5.92 Å². The SMILES string of the molecule is CC(C)(C)N(CCC(=O)O)C(=O)C1CNC1. The molecule has 0 aromatic heterocycles. The molecule has 1 aliphatic rings. The van der Waals surface area contributed by atoms with E-state index in [9.17, 15) is 9.59 Å². The van der Waals surface area contributed by atoms with Gasteiger partial charge in [-0.2, -0.15) is 0 Å². The molecule has 1 rings (SSSR count). The molecule has 0 radical (unpaired) electrons. The molecule has 16 heavy (non-hydrogen) atoms. The number of carbonyl (C=O) groups excluding carboxylic acids is 1. The number of carboxylic acid groups (broad SMARTS) is 1. The molecule has 0 atom stereocenters. The smallest absolute Gasteiger partial charge is 0.305 e. The van der Waals surface area contributed by atoms with Crippen molar-refractivity contribution in [1.29, 1.82) is 0 Å². The number of hydrogen-bond acceptors (Lipinski definition) is 3. The normalized spacial score (nSPS) is 16.7. The zero-order valence-corrected chi connectivity index (χ0v) is 10.1. The summed E-state index contributed by atoms with van der Waals surface area (Å²) in [6, 6.07) is 0. The van der Waals surface area contributed by atoms with Crippen LogP contribution in [0, 0.1) is 5.92 Å². The quantitative estimate of drug-likeness (QED) is 0.726. The highest BCUT2D eigenvalue weighted by atomic mass is 16.4. The van der Waals surface area contributed by atoms with E-state index in [2.05, 4.69) is 5.32 Å². The molecule has 2 N–H and O–H groups in total. The van der Waals surface area contributed by atoms with E-state index in [4.69, 9.17) is 5.11 Å². The zero-order chi connectivity index (χ0) is 12.3. The second-order valence-corrected chi connectivity index (χ2v) is 5.16. The van der Waals surface area contributed by atoms with E-state index >= 15 is 0 Å². The zero-order valence-electron chi connectivity index (χ0n) is 10.1. The van der Waals surface area contributed by atoms with Crippen LogP contribution in [-0.2, 0) is 9.59 Å². The molecule has 1 fully saturated rings. The third-order valence-corrected chi connectivity index (χ3v) is 2.76. The predicted molar refractivity (Wildman–Crippen MR) is 60.1 cm³/mol. The Balaban J connectivity index is 2.62. The van der Waals surface area contributed by atoms with Crippen LogP contribution in [-0.4, -0.2) is 47.1 Å². The monoisotopic (exact) mass is 228 g/mol. The first-order chi connectivity index (χ1) is 7.32. The molecule has 0 aromatic rings. The van der Waals surface area contributed by atoms with Gasteiger partial charge < -0.3 is 15.3 Å². The fourth-order valence-electron chi connectivity index (χ4n) is 1.67. The number of hydrogen-bond donors (Lipinski definition) is 2. The Bertz CT molecular complexity index is 279. The van der Waals surface area contributed by atoms with Crippen molar-refractivity contribution in [1.82, 2.24) is 10.2 Å². The second kappa shape index (κ2) is 4.82. The molecule has 92 valence electrons. The first kappa shape index (κ1) is 13.0. The summed E-state index contributed by atoms with van der Waals surface area (Å²) in [5, 5.41) is 11.7. The maximum atomic E-state index is 12.1. The van der Waals surface area contributed by atoms with Crippen molar-refractivity contribution in [2.75, 3.05) is 19.6 Å². The number of rotatable bonds is 4. The highest BCUT2D eigenvalue weighted by molar-refractivity contribution is 5.81. The lowest BCUT2D eigenvalue weighted by molar-refractivity contribution is -0.144. The summed E-state index contributed by atoms with van der Waals surface area (Å²) in [5.74, 6) is -0.783. The van der Waals surface area contributed by atoms with Crippen molar-refractivity contribution in [3.05, 3.63) is 0 Å². The Morgan fingerprint density at radius 1 is 1.38 bits per heavy atom. The van der Waals surface area contributed by atoms with Crippen LogP contribution in [0.15, 0.2) is 0 Å². The summed E-state index contributed by atoms with van der Waals surface area (Å²) in [5.41, 5.74) is -0.317. The van der Waals surface area contributed by atoms with E-state index in [1.54, 1.807) is 4.90 Å². The van der Waals surface area contributed by atoms with E-state index in [-0.39, 0.29) is 30.3 Å². The third kappa shape index (κ3) is 3.20. The standard InChI is InChI=1S/C11H20N2O3/c1-11(2,3)13(5-4-9(14)15)10(16)8-6-12-7-8/h8,12H,4-7H2,1-3H3,(H,14,15). The van der Waals surface area contributed by atoms with E-state index in [1.165, 1.54) is 0 Å². The van der Waals surface area contributed by atoms with Crippen molar-refractivity contribution >= 4 is 11.9 Å². The Kier molecular flexibility index (Phi) is 3.91. The lowest BCUT2D eigenvalue weighted by Crippen LogP contribution is -2.56. The van der Waals surface area contributed by atoms with E-state index in [1.807, 2.05) is 20.8 Å². The van der Waals surface area contributed by atoms with Gasteiger partial charge in [0.05, 0.1) is 12.3 Å². The fraction of sp³-hybridized carbons (Fsp3) is 0.818. The number of amides is 1. The van der Waals surface area contributed by atoms with Gasteiger partial charge in [-0.05, 0) is 20.8 Å². The lowest BCUT2D eigenvalue weighted by Gasteiger charge is -2.40. The largest absolute Gasteiger partial charge is 0.481 e. The molecule has 1 amide bonds. The van der Waals surface area contributed by atoms with Crippen LogP contribution < -0.4 is 5.32 Å². The fourth-order valence-corrected chi connectivity index (χ4v) is 1.67. The van der Waals surface area contributed by atoms with Gasteiger partial charge in [0, 0.05) is 25.2 Å². The highest BCUT2D eigenvalue weighted by Crippen LogP contribution is 2.19. The van der Waals surface area contributed by atoms with Crippen LogP contribution in [0.2, 0.25) is 0 Å². The summed E-state index contributed by atoms with van der Waals surface area (Å²) in [4.78, 5) is 24.3. The number of aliphatic carboxylic acids is 1. The minimum absolute atomic E-state index is 0.00313. The molecule has 1 aliphatic heterocycles. The molecule has 0 saturated carbocycles. The summed E-state index contributed by atoms with van der Waals surface area (Å²) in [6.45, 7) is 7.49. The summed E-state index contributed by atoms with van der Waals surface area (Å²) < 4.78 is 0. The molecule has 0 unspecified atom stereocenters. The molecule has 1 heterocycles. The number of nitrogens with zero attached hydrogens (tertiary/aromatic N) is 1. The van der Waals surface area contributed by atoms with Gasteiger partial charge in [-0.1, -0.05) is 0 Å². The van der Waals surface area contributed by atoms with Crippen molar-refractivity contribution < 1.29 is 14.7 Å². The van der Waals surface area contributed by atoms with Crippen molar-refractivity contribution in [3.63, 3.8) is 0 Å². The molecule has 0 aliphatic carbocycles. The Morgan fingerprint density at radius 3 is 2.25 bits per heavy atom. The first-order valence-electron chi connectivity index (χ1n) is 5.56. The van der Waals surface area contributed by atoms with Gasteiger partial charge >= 0.3 is 5.97 Å². The van der Waals surface area contributed by atoms with E-state index in [0.717, 1.165) is 0 Å². The molecule has 5 nitrogen and oxygen atoms in total. The summed E-state index contributed by atoms with van der Waals surface area (Å²) >= 11 is 0. The maximum absolute atomic E-state index is 12.1. The van der Waals surface area contributed by atoms with Crippen LogP contribution in [0.1, 0.15) is 27.2 Å². The van der Waals surface area contributed by atoms with Gasteiger partial charge in [-0.25, -0.2) is 0 Å². The summed E-state index contributed by atoms with van der Waals surface area (Å²) in [6.07, 6.45) is 0.00313. The molecular weight excluding hydrogens is 208 g/mol. The van der Waals surface area contributed by atoms with Gasteiger partial charge in [-0.15, -0.1) is 0 Å². The number of nitrogens with one attached hydrogen (secondary N) is 1. The van der Waals surface area contributed by atoms with Gasteiger partial charge in [0.25, 0.3) is 0 Å². The van der Waals surface area contributed by atoms with Gasteiger partial charge in [0.2, 0.25) is 5.91 Å². The first-order valence-corrected chi connectivity index (χ1v) is 5.56. The van der Waals surface area contributed by atoms with E-state index in [0.29, 0.717) is 13.1 Å². The molecule has 0 aromatic carbocycles. The number of carbonyl (C=O) groups is 2. The minimum Gasteiger partial charge on any atom is -0.481 e. The minimum atomic E-state index is -0.867. The maximum Gasteiger partial charge on any atom is 0.305 e. The molecule has 1 saturated heterocycles. The lowest BCUT2D eigenvalue weighted by atomic mass is 9.97. The number of carboxylic acids is 1. The topological polar surface area (TPSA) is 69.6 Å². The van der Waals surface area contributed by atoms with Gasteiger partial charge in [-0.3, -0.25) is 9.59 Å². The van der Waals surface area contributed by atoms with Crippen LogP contribution in [0.4, 0.5) is 0 Å². The highest BCUT2D eigenvalue weighted by Gasteiger charge is 2.34. The predicted octanol–water partition coefficient (Wildman–Crippen LogP) is 0.308. The average molecular weight is 228 g/mol. The Labute approximate surface area is 95.8 Å². The van der Waals surface area contributed by atoms with E-state index < -0.39 is 5.97 Å². The molecular formula is C11H20N2O3. The summed E-state index contributed by atoms with van der Waals surface area (Å²) in [7, 11) is 0. The van der Waals surface area contributed by atoms with Crippen LogP contribution >= 0.6 is 0 Å². The Hall–Kier alpha value is -1.10. The van der Waals surface area contributed by atoms with Crippen LogP contribution in [0.3, 0.4) is 0 Å². The molecule has 5 heteroatoms. The van der Waals surface area contributed by atoms with Crippen LogP contribution in [0.5, 0.6) is 0 Å².